The summed E-state index contributed by atoms with van der Waals surface area (Å²) in [4.78, 5) is 38.3. The van der Waals surface area contributed by atoms with Crippen LogP contribution in [0.15, 0.2) is 60.7 Å². The molecule has 6 heteroatoms. The SMILES string of the molecule is CC(=O)C[C@H]1C(=O)N(Cc2ccccc2)[C@@H](Cc2ccccc2)[C@@H]1[C@@H](O)C(=O)O. The average Bonchev–Trinajstić information content (AvgIpc) is 2.94. The maximum Gasteiger partial charge on any atom is 0.332 e. The molecular formula is C23H25NO5. The summed E-state index contributed by atoms with van der Waals surface area (Å²) in [5, 5.41) is 19.9. The Labute approximate surface area is 169 Å². The van der Waals surface area contributed by atoms with Gasteiger partial charge in [0.1, 0.15) is 5.78 Å². The van der Waals surface area contributed by atoms with Crippen LogP contribution < -0.4 is 0 Å². The van der Waals surface area contributed by atoms with Crippen LogP contribution in [0.3, 0.4) is 0 Å². The minimum absolute atomic E-state index is 0.0789. The van der Waals surface area contributed by atoms with Gasteiger partial charge >= 0.3 is 5.97 Å². The molecule has 0 aliphatic carbocycles. The molecule has 6 nitrogen and oxygen atoms in total. The van der Waals surface area contributed by atoms with Crippen molar-refractivity contribution in [3.63, 3.8) is 0 Å². The molecule has 0 bridgehead atoms. The monoisotopic (exact) mass is 395 g/mol. The Morgan fingerprint density at radius 1 is 1.00 bits per heavy atom. The van der Waals surface area contributed by atoms with E-state index in [0.717, 1.165) is 11.1 Å². The standard InChI is InChI=1S/C23H25NO5/c1-15(25)12-18-20(21(26)23(28)29)19(13-16-8-4-2-5-9-16)24(22(18)27)14-17-10-6-3-7-11-17/h2-11,18-21,26H,12-14H2,1H3,(H,28,29)/t18-,19+,20-,21-/m1/s1. The lowest BCUT2D eigenvalue weighted by molar-refractivity contribution is -0.151. The highest BCUT2D eigenvalue weighted by Crippen LogP contribution is 2.39. The first kappa shape index (κ1) is 20.7. The van der Waals surface area contributed by atoms with Gasteiger partial charge in [-0.05, 0) is 24.5 Å². The third-order valence-corrected chi connectivity index (χ3v) is 5.52. The number of carbonyl (C=O) groups excluding carboxylic acids is 2. The van der Waals surface area contributed by atoms with Crippen LogP contribution in [0.4, 0.5) is 0 Å². The van der Waals surface area contributed by atoms with E-state index in [1.807, 2.05) is 60.7 Å². The lowest BCUT2D eigenvalue weighted by Gasteiger charge is -2.30. The van der Waals surface area contributed by atoms with Crippen molar-refractivity contribution in [2.75, 3.05) is 0 Å². The first-order chi connectivity index (χ1) is 13.9. The summed E-state index contributed by atoms with van der Waals surface area (Å²) in [5.74, 6) is -3.58. The molecule has 2 aromatic carbocycles. The molecule has 0 saturated carbocycles. The molecule has 152 valence electrons. The van der Waals surface area contributed by atoms with E-state index >= 15 is 0 Å². The Kier molecular flexibility index (Phi) is 6.44. The van der Waals surface area contributed by atoms with E-state index in [1.165, 1.54) is 6.92 Å². The van der Waals surface area contributed by atoms with Gasteiger partial charge < -0.3 is 19.9 Å². The zero-order valence-electron chi connectivity index (χ0n) is 16.3. The molecule has 2 N–H and O–H groups in total. The highest BCUT2D eigenvalue weighted by molar-refractivity contribution is 5.89. The molecule has 0 radical (unpaired) electrons. The third-order valence-electron chi connectivity index (χ3n) is 5.52. The number of carbonyl (C=O) groups is 3. The molecule has 29 heavy (non-hydrogen) atoms. The smallest absolute Gasteiger partial charge is 0.332 e. The minimum Gasteiger partial charge on any atom is -0.479 e. The number of ketones is 1. The molecule has 0 aromatic heterocycles. The number of aliphatic hydroxyl groups excluding tert-OH is 1. The number of carboxylic acid groups (broad SMARTS) is 1. The summed E-state index contributed by atoms with van der Waals surface area (Å²) in [7, 11) is 0. The van der Waals surface area contributed by atoms with E-state index < -0.39 is 30.0 Å². The number of carboxylic acids is 1. The Bertz CT molecular complexity index is 867. The van der Waals surface area contributed by atoms with Crippen molar-refractivity contribution in [2.24, 2.45) is 11.8 Å². The van der Waals surface area contributed by atoms with Crippen molar-refractivity contribution in [1.29, 1.82) is 0 Å². The van der Waals surface area contributed by atoms with Crippen LogP contribution in [-0.4, -0.2) is 44.9 Å². The van der Waals surface area contributed by atoms with Crippen molar-refractivity contribution in [2.45, 2.75) is 38.5 Å². The topological polar surface area (TPSA) is 94.9 Å². The number of hydrogen-bond acceptors (Lipinski definition) is 4. The van der Waals surface area contributed by atoms with Gasteiger partial charge in [0.05, 0.1) is 5.92 Å². The van der Waals surface area contributed by atoms with Crippen molar-refractivity contribution >= 4 is 17.7 Å². The van der Waals surface area contributed by atoms with Crippen LogP contribution in [0.1, 0.15) is 24.5 Å². The second-order valence-corrected chi connectivity index (χ2v) is 7.58. The number of nitrogens with zero attached hydrogens (tertiary/aromatic N) is 1. The van der Waals surface area contributed by atoms with Gasteiger partial charge in [0.15, 0.2) is 6.10 Å². The summed E-state index contributed by atoms with van der Waals surface area (Å²) in [6, 6.07) is 18.4. The molecular weight excluding hydrogens is 370 g/mol. The van der Waals surface area contributed by atoms with Crippen LogP contribution in [0.5, 0.6) is 0 Å². The van der Waals surface area contributed by atoms with Crippen molar-refractivity contribution in [1.82, 2.24) is 4.90 Å². The Hall–Kier alpha value is -2.99. The van der Waals surface area contributed by atoms with E-state index in [0.29, 0.717) is 13.0 Å². The molecule has 3 rings (SSSR count). The molecule has 0 spiro atoms. The second-order valence-electron chi connectivity index (χ2n) is 7.58. The molecule has 1 fully saturated rings. The fourth-order valence-corrected chi connectivity index (χ4v) is 4.22. The molecule has 4 atom stereocenters. The second kappa shape index (κ2) is 9.01. The first-order valence-electron chi connectivity index (χ1n) is 9.67. The van der Waals surface area contributed by atoms with E-state index in [2.05, 4.69) is 0 Å². The lowest BCUT2D eigenvalue weighted by Crippen LogP contribution is -2.43. The number of hydrogen-bond donors (Lipinski definition) is 2. The summed E-state index contributed by atoms with van der Waals surface area (Å²) >= 11 is 0. The number of amides is 1. The largest absolute Gasteiger partial charge is 0.479 e. The van der Waals surface area contributed by atoms with Crippen LogP contribution in [-0.2, 0) is 27.3 Å². The van der Waals surface area contributed by atoms with Crippen molar-refractivity contribution in [3.8, 4) is 0 Å². The molecule has 1 amide bonds. The van der Waals surface area contributed by atoms with Gasteiger partial charge in [-0.25, -0.2) is 4.79 Å². The van der Waals surface area contributed by atoms with Crippen molar-refractivity contribution in [3.05, 3.63) is 71.8 Å². The fraction of sp³-hybridized carbons (Fsp3) is 0.348. The van der Waals surface area contributed by atoms with Crippen LogP contribution in [0.25, 0.3) is 0 Å². The van der Waals surface area contributed by atoms with E-state index in [4.69, 9.17) is 0 Å². The zero-order chi connectivity index (χ0) is 21.0. The van der Waals surface area contributed by atoms with Gasteiger partial charge in [0.25, 0.3) is 0 Å². The third kappa shape index (κ3) is 4.71. The maximum absolute atomic E-state index is 13.3. The molecule has 1 aliphatic rings. The number of benzene rings is 2. The van der Waals surface area contributed by atoms with Crippen LogP contribution in [0, 0.1) is 11.8 Å². The maximum atomic E-state index is 13.3. The van der Waals surface area contributed by atoms with Crippen LogP contribution in [0.2, 0.25) is 0 Å². The Morgan fingerprint density at radius 2 is 1.55 bits per heavy atom. The fourth-order valence-electron chi connectivity index (χ4n) is 4.22. The van der Waals surface area contributed by atoms with Gasteiger partial charge in [-0.1, -0.05) is 60.7 Å². The molecule has 2 aromatic rings. The quantitative estimate of drug-likeness (QED) is 0.715. The molecule has 1 aliphatic heterocycles. The zero-order valence-corrected chi connectivity index (χ0v) is 16.3. The number of aliphatic carboxylic acids is 1. The first-order valence-corrected chi connectivity index (χ1v) is 9.67. The molecule has 0 unspecified atom stereocenters. The predicted molar refractivity (Wildman–Crippen MR) is 107 cm³/mol. The highest BCUT2D eigenvalue weighted by Gasteiger charge is 2.52. The normalized spacial score (nSPS) is 22.5. The lowest BCUT2D eigenvalue weighted by atomic mass is 9.80. The van der Waals surface area contributed by atoms with E-state index in [9.17, 15) is 24.6 Å². The predicted octanol–water partition coefficient (Wildman–Crippen LogP) is 2.30. The van der Waals surface area contributed by atoms with E-state index in [1.54, 1.807) is 4.90 Å². The van der Waals surface area contributed by atoms with Gasteiger partial charge in [-0.3, -0.25) is 4.79 Å². The van der Waals surface area contributed by atoms with Gasteiger partial charge in [-0.15, -0.1) is 0 Å². The number of rotatable bonds is 8. The summed E-state index contributed by atoms with van der Waals surface area (Å²) in [6.07, 6.45) is -1.40. The number of Topliss-reactive ketones (excluding diaryl/α,β-unsaturated/α-hetero) is 1. The Morgan fingerprint density at radius 3 is 2.07 bits per heavy atom. The van der Waals surface area contributed by atoms with Gasteiger partial charge in [0.2, 0.25) is 5.91 Å². The summed E-state index contributed by atoms with van der Waals surface area (Å²) < 4.78 is 0. The van der Waals surface area contributed by atoms with Crippen molar-refractivity contribution < 1.29 is 24.6 Å². The number of aliphatic hydroxyl groups is 1. The summed E-state index contributed by atoms with van der Waals surface area (Å²) in [6.45, 7) is 1.68. The Balaban J connectivity index is 2.01. The van der Waals surface area contributed by atoms with Gasteiger partial charge in [0, 0.05) is 24.9 Å². The van der Waals surface area contributed by atoms with Crippen LogP contribution >= 0.6 is 0 Å². The summed E-state index contributed by atoms with van der Waals surface area (Å²) in [5.41, 5.74) is 1.85. The average molecular weight is 395 g/mol. The van der Waals surface area contributed by atoms with Gasteiger partial charge in [-0.2, -0.15) is 0 Å². The van der Waals surface area contributed by atoms with E-state index in [-0.39, 0.29) is 18.1 Å². The molecule has 1 heterocycles. The minimum atomic E-state index is -1.72. The highest BCUT2D eigenvalue weighted by atomic mass is 16.4. The molecule has 1 saturated heterocycles. The number of likely N-dealkylation sites (tertiary alicyclic amines) is 1.